The van der Waals surface area contributed by atoms with Gasteiger partial charge >= 0.3 is 0 Å². The molecule has 136 valence electrons. The van der Waals surface area contributed by atoms with Gasteiger partial charge in [-0.15, -0.1) is 0 Å². The Morgan fingerprint density at radius 2 is 1.73 bits per heavy atom. The van der Waals surface area contributed by atoms with E-state index in [-0.39, 0.29) is 10.7 Å². The molecule has 0 bridgehead atoms. The summed E-state index contributed by atoms with van der Waals surface area (Å²) in [7, 11) is -3.69. The van der Waals surface area contributed by atoms with Crippen molar-refractivity contribution in [3.05, 3.63) is 71.9 Å². The van der Waals surface area contributed by atoms with Crippen LogP contribution < -0.4 is 9.46 Å². The molecule has 0 spiro atoms. The highest BCUT2D eigenvalue weighted by Crippen LogP contribution is 2.18. The van der Waals surface area contributed by atoms with Gasteiger partial charge in [0, 0.05) is 12.3 Å². The van der Waals surface area contributed by atoms with Crippen molar-refractivity contribution >= 4 is 15.8 Å². The largest absolute Gasteiger partial charge is 0.494 e. The molecule has 3 rings (SSSR count). The molecular formula is C19H21N3O3S. The number of nitrogens with zero attached hydrogens (tertiary/aromatic N) is 2. The van der Waals surface area contributed by atoms with E-state index >= 15 is 0 Å². The molecule has 26 heavy (non-hydrogen) atoms. The molecule has 0 amide bonds. The second kappa shape index (κ2) is 7.61. The van der Waals surface area contributed by atoms with Crippen molar-refractivity contribution in [3.63, 3.8) is 0 Å². The Morgan fingerprint density at radius 3 is 2.38 bits per heavy atom. The van der Waals surface area contributed by atoms with Gasteiger partial charge in [-0.3, -0.25) is 9.40 Å². The van der Waals surface area contributed by atoms with Crippen LogP contribution in [-0.4, -0.2) is 24.8 Å². The van der Waals surface area contributed by atoms with Gasteiger partial charge in [0.15, 0.2) is 5.82 Å². The monoisotopic (exact) mass is 371 g/mol. The zero-order chi connectivity index (χ0) is 18.6. The van der Waals surface area contributed by atoms with Gasteiger partial charge in [-0.2, -0.15) is 5.10 Å². The van der Waals surface area contributed by atoms with Gasteiger partial charge in [-0.25, -0.2) is 8.42 Å². The van der Waals surface area contributed by atoms with Crippen molar-refractivity contribution in [1.82, 2.24) is 9.78 Å². The third-order valence-electron chi connectivity index (χ3n) is 3.79. The van der Waals surface area contributed by atoms with E-state index in [2.05, 4.69) is 9.82 Å². The van der Waals surface area contributed by atoms with Gasteiger partial charge in [0.2, 0.25) is 0 Å². The van der Waals surface area contributed by atoms with Crippen molar-refractivity contribution in [2.45, 2.75) is 25.3 Å². The highest BCUT2D eigenvalue weighted by Gasteiger charge is 2.15. The first-order valence-electron chi connectivity index (χ1n) is 8.31. The van der Waals surface area contributed by atoms with Crippen LogP contribution in [0.3, 0.4) is 0 Å². The molecule has 0 atom stereocenters. The third kappa shape index (κ3) is 4.43. The number of sulfonamides is 1. The number of rotatable bonds is 7. The Kier molecular flexibility index (Phi) is 5.27. The lowest BCUT2D eigenvalue weighted by molar-refractivity contribution is 0.340. The zero-order valence-electron chi connectivity index (χ0n) is 14.7. The summed E-state index contributed by atoms with van der Waals surface area (Å²) in [6, 6.07) is 16.1. The first-order chi connectivity index (χ1) is 12.5. The van der Waals surface area contributed by atoms with E-state index in [0.717, 1.165) is 5.56 Å². The Balaban J connectivity index is 1.70. The van der Waals surface area contributed by atoms with Crippen molar-refractivity contribution in [3.8, 4) is 5.75 Å². The molecule has 6 nitrogen and oxygen atoms in total. The lowest BCUT2D eigenvalue weighted by Crippen LogP contribution is -2.13. The second-order valence-electron chi connectivity index (χ2n) is 5.89. The average Bonchev–Trinajstić information content (AvgIpc) is 3.04. The van der Waals surface area contributed by atoms with Crippen LogP contribution in [0.1, 0.15) is 18.1 Å². The first-order valence-corrected chi connectivity index (χ1v) is 9.79. The van der Waals surface area contributed by atoms with Crippen LogP contribution >= 0.6 is 0 Å². The smallest absolute Gasteiger partial charge is 0.263 e. The van der Waals surface area contributed by atoms with Gasteiger partial charge in [0.1, 0.15) is 5.75 Å². The molecule has 3 aromatic rings. The van der Waals surface area contributed by atoms with Crippen LogP contribution in [0, 0.1) is 6.92 Å². The van der Waals surface area contributed by atoms with Crippen LogP contribution in [-0.2, 0) is 16.6 Å². The van der Waals surface area contributed by atoms with Crippen molar-refractivity contribution < 1.29 is 13.2 Å². The fourth-order valence-corrected chi connectivity index (χ4v) is 3.46. The summed E-state index contributed by atoms with van der Waals surface area (Å²) < 4.78 is 34.5. The minimum absolute atomic E-state index is 0.161. The van der Waals surface area contributed by atoms with Crippen LogP contribution in [0.4, 0.5) is 5.82 Å². The van der Waals surface area contributed by atoms with Crippen LogP contribution in [0.2, 0.25) is 0 Å². The molecule has 0 aliphatic heterocycles. The zero-order valence-corrected chi connectivity index (χ0v) is 15.5. The topological polar surface area (TPSA) is 73.2 Å². The lowest BCUT2D eigenvalue weighted by atomic mass is 10.1. The average molecular weight is 371 g/mol. The van der Waals surface area contributed by atoms with E-state index in [1.165, 1.54) is 17.7 Å². The number of aryl methyl sites for hydroxylation is 1. The summed E-state index contributed by atoms with van der Waals surface area (Å²) in [5, 5.41) is 4.29. The molecule has 1 aromatic heterocycles. The van der Waals surface area contributed by atoms with E-state index in [4.69, 9.17) is 4.74 Å². The van der Waals surface area contributed by atoms with Gasteiger partial charge in [0.25, 0.3) is 10.0 Å². The molecule has 1 N–H and O–H groups in total. The van der Waals surface area contributed by atoms with Crippen molar-refractivity contribution in [1.29, 1.82) is 0 Å². The molecule has 2 aromatic carbocycles. The highest BCUT2D eigenvalue weighted by atomic mass is 32.2. The van der Waals surface area contributed by atoms with E-state index in [9.17, 15) is 8.42 Å². The standard InChI is InChI=1S/C19H21N3O3S/c1-3-25-17-8-10-18(11-9-17)26(23,24)21-19-12-13-22(20-19)14-16-6-4-15(2)5-7-16/h4-13H,3,14H2,1-2H3,(H,20,21). The number of ether oxygens (including phenoxy) is 1. The van der Waals surface area contributed by atoms with E-state index in [1.807, 2.05) is 38.1 Å². The maximum atomic E-state index is 12.5. The molecule has 0 saturated heterocycles. The summed E-state index contributed by atoms with van der Waals surface area (Å²) in [4.78, 5) is 0.161. The van der Waals surface area contributed by atoms with Crippen molar-refractivity contribution in [2.24, 2.45) is 0 Å². The lowest BCUT2D eigenvalue weighted by Gasteiger charge is -2.07. The van der Waals surface area contributed by atoms with Crippen molar-refractivity contribution in [2.75, 3.05) is 11.3 Å². The minimum Gasteiger partial charge on any atom is -0.494 e. The van der Waals surface area contributed by atoms with Gasteiger partial charge in [0.05, 0.1) is 18.0 Å². The normalized spacial score (nSPS) is 11.3. The maximum absolute atomic E-state index is 12.5. The number of anilines is 1. The maximum Gasteiger partial charge on any atom is 0.263 e. The minimum atomic E-state index is -3.69. The molecule has 7 heteroatoms. The number of hydrogen-bond acceptors (Lipinski definition) is 4. The number of benzene rings is 2. The molecule has 0 aliphatic carbocycles. The summed E-state index contributed by atoms with van der Waals surface area (Å²) >= 11 is 0. The Morgan fingerprint density at radius 1 is 1.04 bits per heavy atom. The van der Waals surface area contributed by atoms with Crippen LogP contribution in [0.15, 0.2) is 65.7 Å². The summed E-state index contributed by atoms with van der Waals surface area (Å²) in [5.74, 6) is 0.917. The molecular weight excluding hydrogens is 350 g/mol. The highest BCUT2D eigenvalue weighted by molar-refractivity contribution is 7.92. The van der Waals surface area contributed by atoms with Gasteiger partial charge in [-0.1, -0.05) is 29.8 Å². The summed E-state index contributed by atoms with van der Waals surface area (Å²) in [6.07, 6.45) is 1.75. The fourth-order valence-electron chi connectivity index (χ4n) is 2.46. The SMILES string of the molecule is CCOc1ccc(S(=O)(=O)Nc2ccn(Cc3ccc(C)cc3)n2)cc1. The second-order valence-corrected chi connectivity index (χ2v) is 7.58. The van der Waals surface area contributed by atoms with Crippen LogP contribution in [0.25, 0.3) is 0 Å². The van der Waals surface area contributed by atoms with E-state index in [0.29, 0.717) is 18.9 Å². The molecule has 0 unspecified atom stereocenters. The molecule has 0 radical (unpaired) electrons. The molecule has 1 heterocycles. The fraction of sp³-hybridized carbons (Fsp3) is 0.211. The summed E-state index contributed by atoms with van der Waals surface area (Å²) in [5.41, 5.74) is 2.29. The number of hydrogen-bond donors (Lipinski definition) is 1. The van der Waals surface area contributed by atoms with E-state index in [1.54, 1.807) is 29.1 Å². The molecule has 0 fully saturated rings. The summed E-state index contributed by atoms with van der Waals surface area (Å²) in [6.45, 7) is 5.01. The Bertz CT molecular complexity index is 962. The Hall–Kier alpha value is -2.80. The van der Waals surface area contributed by atoms with Gasteiger partial charge < -0.3 is 4.74 Å². The molecule has 0 saturated carbocycles. The third-order valence-corrected chi connectivity index (χ3v) is 5.16. The predicted octanol–water partition coefficient (Wildman–Crippen LogP) is 3.44. The van der Waals surface area contributed by atoms with E-state index < -0.39 is 10.0 Å². The Labute approximate surface area is 153 Å². The molecule has 0 aliphatic rings. The predicted molar refractivity (Wildman–Crippen MR) is 101 cm³/mol. The first kappa shape index (κ1) is 18.0. The van der Waals surface area contributed by atoms with Crippen LogP contribution in [0.5, 0.6) is 5.75 Å². The number of aromatic nitrogens is 2. The quantitative estimate of drug-likeness (QED) is 0.690. The van der Waals surface area contributed by atoms with Gasteiger partial charge in [-0.05, 0) is 43.7 Å². The number of nitrogens with one attached hydrogen (secondary N) is 1.